The summed E-state index contributed by atoms with van der Waals surface area (Å²) in [6, 6.07) is 9.14. The quantitative estimate of drug-likeness (QED) is 0.768. The van der Waals surface area contributed by atoms with E-state index in [-0.39, 0.29) is 12.5 Å². The van der Waals surface area contributed by atoms with Crippen molar-refractivity contribution in [1.82, 2.24) is 24.8 Å². The van der Waals surface area contributed by atoms with Crippen LogP contribution in [0.4, 0.5) is 0 Å². The fourth-order valence-electron chi connectivity index (χ4n) is 3.14. The number of hydrogen-bond acceptors (Lipinski definition) is 6. The highest BCUT2D eigenvalue weighted by atomic mass is 16.5. The van der Waals surface area contributed by atoms with Crippen LogP contribution >= 0.6 is 0 Å². The summed E-state index contributed by atoms with van der Waals surface area (Å²) in [6.45, 7) is 2.16. The monoisotopic (exact) mass is 353 g/mol. The summed E-state index contributed by atoms with van der Waals surface area (Å²) in [7, 11) is 0. The summed E-state index contributed by atoms with van der Waals surface area (Å²) < 4.78 is 6.94. The smallest absolute Gasteiger partial charge is 0.257 e. The molecule has 0 unspecified atom stereocenters. The van der Waals surface area contributed by atoms with Crippen molar-refractivity contribution in [2.45, 2.75) is 31.9 Å². The van der Waals surface area contributed by atoms with Gasteiger partial charge in [0.05, 0.1) is 23.6 Å². The Morgan fingerprint density at radius 3 is 2.88 bits per heavy atom. The zero-order valence-corrected chi connectivity index (χ0v) is 14.3. The van der Waals surface area contributed by atoms with Crippen molar-refractivity contribution in [2.75, 3.05) is 6.54 Å². The molecule has 0 spiro atoms. The second-order valence-electron chi connectivity index (χ2n) is 6.27. The highest BCUT2D eigenvalue weighted by molar-refractivity contribution is 5.94. The molecule has 4 rings (SSSR count). The van der Waals surface area contributed by atoms with E-state index in [9.17, 15) is 9.90 Å². The van der Waals surface area contributed by atoms with Gasteiger partial charge in [-0.2, -0.15) is 10.1 Å². The van der Waals surface area contributed by atoms with Crippen LogP contribution in [0, 0.1) is 0 Å². The zero-order chi connectivity index (χ0) is 18.1. The van der Waals surface area contributed by atoms with E-state index in [2.05, 4.69) is 15.2 Å². The molecule has 2 aromatic heterocycles. The third-order valence-electron chi connectivity index (χ3n) is 4.48. The van der Waals surface area contributed by atoms with Crippen molar-refractivity contribution in [2.24, 2.45) is 0 Å². The first-order valence-electron chi connectivity index (χ1n) is 8.57. The van der Waals surface area contributed by atoms with Crippen molar-refractivity contribution in [1.29, 1.82) is 0 Å². The molecular formula is C18H19N5O3. The highest BCUT2D eigenvalue weighted by Crippen LogP contribution is 2.32. The van der Waals surface area contributed by atoms with E-state index in [4.69, 9.17) is 4.52 Å². The molecule has 1 fully saturated rings. The van der Waals surface area contributed by atoms with Gasteiger partial charge in [-0.15, -0.1) is 0 Å². The molecule has 1 amide bonds. The number of aliphatic hydroxyl groups is 1. The molecule has 3 heterocycles. The maximum atomic E-state index is 13.0. The molecule has 1 N–H and O–H groups in total. The number of amides is 1. The Hall–Kier alpha value is -3.00. The maximum Gasteiger partial charge on any atom is 0.257 e. The topological polar surface area (TPSA) is 97.3 Å². The Kier molecular flexibility index (Phi) is 4.26. The van der Waals surface area contributed by atoms with Crippen LogP contribution in [0.5, 0.6) is 0 Å². The average Bonchev–Trinajstić information content (AvgIpc) is 3.40. The molecule has 0 radical (unpaired) electrons. The molecule has 8 nitrogen and oxygen atoms in total. The van der Waals surface area contributed by atoms with Crippen molar-refractivity contribution in [3.63, 3.8) is 0 Å². The third-order valence-corrected chi connectivity index (χ3v) is 4.48. The standard InChI is InChI=1S/C18H19N5O3/c1-2-16-20-17(26-21-16)15-8-14(24)11-22(15)18(25)12-9-19-23(10-12)13-6-4-3-5-7-13/h3-7,9-10,14-15,24H,2,8,11H2,1H3/t14-,15+/m0/s1. The number of β-amino-alcohol motifs (C(OH)–C–C–N with tert-alkyl or cyclic N) is 1. The Morgan fingerprint density at radius 1 is 1.35 bits per heavy atom. The molecule has 1 aromatic carbocycles. The lowest BCUT2D eigenvalue weighted by Gasteiger charge is -2.20. The van der Waals surface area contributed by atoms with Crippen LogP contribution in [0.1, 0.15) is 41.5 Å². The second kappa shape index (κ2) is 6.72. The predicted octanol–water partition coefficient (Wildman–Crippen LogP) is 1.77. The molecule has 1 saturated heterocycles. The van der Waals surface area contributed by atoms with Crippen LogP contribution < -0.4 is 0 Å². The number of hydrogen-bond donors (Lipinski definition) is 1. The largest absolute Gasteiger partial charge is 0.391 e. The van der Waals surface area contributed by atoms with Crippen molar-refractivity contribution in [3.05, 3.63) is 60.0 Å². The normalized spacial score (nSPS) is 19.8. The number of benzene rings is 1. The number of aryl methyl sites for hydroxylation is 1. The van der Waals surface area contributed by atoms with Gasteiger partial charge in [0.2, 0.25) is 5.89 Å². The predicted molar refractivity (Wildman–Crippen MR) is 91.6 cm³/mol. The molecule has 3 aromatic rings. The van der Waals surface area contributed by atoms with Crippen LogP contribution in [-0.4, -0.2) is 48.5 Å². The second-order valence-corrected chi connectivity index (χ2v) is 6.27. The molecule has 0 aliphatic carbocycles. The lowest BCUT2D eigenvalue weighted by Crippen LogP contribution is -2.31. The molecule has 1 aliphatic rings. The number of para-hydroxylation sites is 1. The van der Waals surface area contributed by atoms with Crippen LogP contribution in [-0.2, 0) is 6.42 Å². The van der Waals surface area contributed by atoms with Gasteiger partial charge >= 0.3 is 0 Å². The average molecular weight is 353 g/mol. The molecule has 0 saturated carbocycles. The van der Waals surface area contributed by atoms with Gasteiger partial charge in [0.15, 0.2) is 5.82 Å². The van der Waals surface area contributed by atoms with Gasteiger partial charge in [0.25, 0.3) is 5.91 Å². The molecule has 26 heavy (non-hydrogen) atoms. The van der Waals surface area contributed by atoms with E-state index in [0.717, 1.165) is 5.69 Å². The molecule has 134 valence electrons. The summed E-state index contributed by atoms with van der Waals surface area (Å²) in [5.41, 5.74) is 1.32. The first-order valence-corrected chi connectivity index (χ1v) is 8.57. The highest BCUT2D eigenvalue weighted by Gasteiger charge is 2.39. The van der Waals surface area contributed by atoms with E-state index in [1.54, 1.807) is 15.8 Å². The SMILES string of the molecule is CCc1noc([C@H]2C[C@H](O)CN2C(=O)c2cnn(-c3ccccc3)c2)n1. The van der Waals surface area contributed by atoms with E-state index in [0.29, 0.717) is 30.1 Å². The van der Waals surface area contributed by atoms with Crippen LogP contribution in [0.15, 0.2) is 47.2 Å². The van der Waals surface area contributed by atoms with Gasteiger partial charge in [-0.05, 0) is 12.1 Å². The number of aliphatic hydroxyl groups excluding tert-OH is 1. The molecular weight excluding hydrogens is 334 g/mol. The third kappa shape index (κ3) is 2.99. The Morgan fingerprint density at radius 2 is 2.15 bits per heavy atom. The van der Waals surface area contributed by atoms with Gasteiger partial charge in [-0.3, -0.25) is 4.79 Å². The summed E-state index contributed by atoms with van der Waals surface area (Å²) in [4.78, 5) is 18.9. The minimum Gasteiger partial charge on any atom is -0.391 e. The lowest BCUT2D eigenvalue weighted by atomic mass is 10.2. The van der Waals surface area contributed by atoms with E-state index in [1.807, 2.05) is 37.3 Å². The first kappa shape index (κ1) is 16.5. The van der Waals surface area contributed by atoms with Crippen molar-refractivity contribution in [3.8, 4) is 5.69 Å². The van der Waals surface area contributed by atoms with E-state index in [1.165, 1.54) is 6.20 Å². The lowest BCUT2D eigenvalue weighted by molar-refractivity contribution is 0.0693. The number of carbonyl (C=O) groups excluding carboxylic acids is 1. The van der Waals surface area contributed by atoms with Gasteiger partial charge in [0.1, 0.15) is 6.04 Å². The summed E-state index contributed by atoms with van der Waals surface area (Å²) >= 11 is 0. The number of aromatic nitrogens is 4. The fourth-order valence-corrected chi connectivity index (χ4v) is 3.14. The van der Waals surface area contributed by atoms with Crippen molar-refractivity contribution < 1.29 is 14.4 Å². The van der Waals surface area contributed by atoms with Crippen LogP contribution in [0.3, 0.4) is 0 Å². The number of carbonyl (C=O) groups is 1. The summed E-state index contributed by atoms with van der Waals surface area (Å²) in [5, 5.41) is 18.2. The fraction of sp³-hybridized carbons (Fsp3) is 0.333. The minimum atomic E-state index is -0.620. The first-order chi connectivity index (χ1) is 12.7. The molecule has 0 bridgehead atoms. The molecule has 1 aliphatic heterocycles. The number of nitrogens with zero attached hydrogens (tertiary/aromatic N) is 5. The van der Waals surface area contributed by atoms with Crippen LogP contribution in [0.25, 0.3) is 5.69 Å². The molecule has 8 heteroatoms. The van der Waals surface area contributed by atoms with Crippen LogP contribution in [0.2, 0.25) is 0 Å². The Labute approximate surface area is 150 Å². The summed E-state index contributed by atoms with van der Waals surface area (Å²) in [6.07, 6.45) is 3.62. The van der Waals surface area contributed by atoms with Gasteiger partial charge in [-0.25, -0.2) is 4.68 Å². The van der Waals surface area contributed by atoms with Gasteiger partial charge < -0.3 is 14.5 Å². The minimum absolute atomic E-state index is 0.218. The Bertz CT molecular complexity index is 904. The van der Waals surface area contributed by atoms with E-state index >= 15 is 0 Å². The summed E-state index contributed by atoms with van der Waals surface area (Å²) in [5.74, 6) is 0.734. The zero-order valence-electron chi connectivity index (χ0n) is 14.3. The van der Waals surface area contributed by atoms with E-state index < -0.39 is 12.1 Å². The molecule has 2 atom stereocenters. The Balaban J connectivity index is 1.59. The number of likely N-dealkylation sites (tertiary alicyclic amines) is 1. The van der Waals surface area contributed by atoms with Gasteiger partial charge in [0, 0.05) is 25.6 Å². The maximum absolute atomic E-state index is 13.0. The number of rotatable bonds is 4. The van der Waals surface area contributed by atoms with Gasteiger partial charge in [-0.1, -0.05) is 30.3 Å². The van der Waals surface area contributed by atoms with Crippen molar-refractivity contribution >= 4 is 5.91 Å².